The Morgan fingerprint density at radius 2 is 2.25 bits per heavy atom. The molecule has 0 spiro atoms. The second-order valence-corrected chi connectivity index (χ2v) is 6.29. The Labute approximate surface area is 138 Å². The second kappa shape index (κ2) is 5.76. The first-order valence-electron chi connectivity index (χ1n) is 7.93. The normalized spacial score (nSPS) is 20.8. The molecule has 7 heteroatoms. The Morgan fingerprint density at radius 1 is 1.38 bits per heavy atom. The molecule has 0 aliphatic carbocycles. The largest absolute Gasteiger partial charge is 0.391 e. The van der Waals surface area contributed by atoms with E-state index < -0.39 is 6.10 Å². The number of rotatable bonds is 3. The van der Waals surface area contributed by atoms with Crippen molar-refractivity contribution in [3.63, 3.8) is 0 Å². The molecule has 0 radical (unpaired) electrons. The van der Waals surface area contributed by atoms with E-state index in [0.29, 0.717) is 25.1 Å². The van der Waals surface area contributed by atoms with Gasteiger partial charge in [-0.15, -0.1) is 0 Å². The van der Waals surface area contributed by atoms with Gasteiger partial charge in [0.25, 0.3) is 5.91 Å². The molecule has 0 aromatic carbocycles. The Bertz CT molecular complexity index is 885. The van der Waals surface area contributed by atoms with Crippen LogP contribution >= 0.6 is 0 Å². The molecule has 1 aliphatic rings. The Balaban J connectivity index is 1.49. The van der Waals surface area contributed by atoms with Gasteiger partial charge in [-0.25, -0.2) is 4.52 Å². The van der Waals surface area contributed by atoms with E-state index >= 15 is 0 Å². The average Bonchev–Trinajstić information content (AvgIpc) is 3.27. The maximum Gasteiger partial charge on any atom is 0.254 e. The minimum atomic E-state index is -0.557. The van der Waals surface area contributed by atoms with Crippen molar-refractivity contribution < 1.29 is 14.4 Å². The fourth-order valence-electron chi connectivity index (χ4n) is 3.23. The van der Waals surface area contributed by atoms with Crippen LogP contribution in [0, 0.1) is 12.8 Å². The maximum absolute atomic E-state index is 12.7. The van der Waals surface area contributed by atoms with Crippen LogP contribution in [0.4, 0.5) is 0 Å². The van der Waals surface area contributed by atoms with E-state index in [1.165, 1.54) is 0 Å². The summed E-state index contributed by atoms with van der Waals surface area (Å²) in [6.45, 7) is 2.70. The standard InChI is InChI=1S/C17H18N4O3/c1-11-6-15(24-19-11)8-13-9-20(10-16(13)22)17(23)12-3-5-21-14(7-12)2-4-18-21/h2-7,13,16,22H,8-10H2,1H3/t13-,16-/m1/s1. The zero-order valence-corrected chi connectivity index (χ0v) is 13.3. The minimum Gasteiger partial charge on any atom is -0.391 e. The molecule has 0 saturated carbocycles. The first kappa shape index (κ1) is 14.9. The topological polar surface area (TPSA) is 83.9 Å². The van der Waals surface area contributed by atoms with E-state index in [1.54, 1.807) is 27.9 Å². The summed E-state index contributed by atoms with van der Waals surface area (Å²) in [4.78, 5) is 14.4. The SMILES string of the molecule is Cc1cc(C[C@@H]2CN(C(=O)c3ccn4nccc4c3)C[C@H]2O)on1. The summed E-state index contributed by atoms with van der Waals surface area (Å²) in [6.07, 6.45) is 3.48. The molecule has 124 valence electrons. The van der Waals surface area contributed by atoms with Gasteiger partial charge in [-0.05, 0) is 25.1 Å². The molecule has 1 fully saturated rings. The highest BCUT2D eigenvalue weighted by molar-refractivity contribution is 5.95. The lowest BCUT2D eigenvalue weighted by atomic mass is 10.0. The summed E-state index contributed by atoms with van der Waals surface area (Å²) < 4.78 is 6.93. The summed E-state index contributed by atoms with van der Waals surface area (Å²) in [7, 11) is 0. The molecule has 4 heterocycles. The lowest BCUT2D eigenvalue weighted by Gasteiger charge is -2.16. The Morgan fingerprint density at radius 3 is 3.04 bits per heavy atom. The van der Waals surface area contributed by atoms with Crippen molar-refractivity contribution in [1.82, 2.24) is 19.7 Å². The molecule has 1 saturated heterocycles. The highest BCUT2D eigenvalue weighted by Crippen LogP contribution is 2.23. The van der Waals surface area contributed by atoms with Gasteiger partial charge in [0.15, 0.2) is 0 Å². The van der Waals surface area contributed by atoms with E-state index in [1.807, 2.05) is 25.1 Å². The number of aliphatic hydroxyl groups excluding tert-OH is 1. The molecule has 24 heavy (non-hydrogen) atoms. The predicted molar refractivity (Wildman–Crippen MR) is 85.5 cm³/mol. The van der Waals surface area contributed by atoms with E-state index in [2.05, 4.69) is 10.3 Å². The minimum absolute atomic E-state index is 0.0417. The molecule has 0 bridgehead atoms. The first-order chi connectivity index (χ1) is 11.6. The molecule has 7 nitrogen and oxygen atoms in total. The fourth-order valence-corrected chi connectivity index (χ4v) is 3.23. The molecule has 1 N–H and O–H groups in total. The van der Waals surface area contributed by atoms with Gasteiger partial charge in [0.1, 0.15) is 5.76 Å². The number of carbonyl (C=O) groups is 1. The van der Waals surface area contributed by atoms with Crippen LogP contribution in [0.25, 0.3) is 5.52 Å². The number of carbonyl (C=O) groups excluding carboxylic acids is 1. The summed E-state index contributed by atoms with van der Waals surface area (Å²) in [5.41, 5.74) is 2.29. The Hall–Kier alpha value is -2.67. The molecule has 1 amide bonds. The number of hydrogen-bond acceptors (Lipinski definition) is 5. The van der Waals surface area contributed by atoms with E-state index in [-0.39, 0.29) is 11.8 Å². The number of hydrogen-bond donors (Lipinski definition) is 1. The quantitative estimate of drug-likeness (QED) is 0.784. The first-order valence-corrected chi connectivity index (χ1v) is 7.93. The van der Waals surface area contributed by atoms with E-state index in [4.69, 9.17) is 4.52 Å². The number of aryl methyl sites for hydroxylation is 1. The summed E-state index contributed by atoms with van der Waals surface area (Å²) in [6, 6.07) is 7.28. The molecule has 4 rings (SSSR count). The maximum atomic E-state index is 12.7. The van der Waals surface area contributed by atoms with Crippen LogP contribution in [0.2, 0.25) is 0 Å². The molecule has 1 aliphatic heterocycles. The Kier molecular flexibility index (Phi) is 3.57. The number of β-amino-alcohol motifs (C(OH)–C–C–N with tert-alkyl or cyclic N) is 1. The highest BCUT2D eigenvalue weighted by atomic mass is 16.5. The number of aliphatic hydroxyl groups is 1. The third-order valence-corrected chi connectivity index (χ3v) is 4.48. The summed E-state index contributed by atoms with van der Waals surface area (Å²) in [5.74, 6) is 0.625. The number of likely N-dealkylation sites (tertiary alicyclic amines) is 1. The van der Waals surface area contributed by atoms with Crippen molar-refractivity contribution in [2.75, 3.05) is 13.1 Å². The van der Waals surface area contributed by atoms with Crippen molar-refractivity contribution in [2.24, 2.45) is 5.92 Å². The van der Waals surface area contributed by atoms with E-state index in [9.17, 15) is 9.90 Å². The van der Waals surface area contributed by atoms with Gasteiger partial charge in [0, 0.05) is 49.5 Å². The molecule has 3 aromatic heterocycles. The average molecular weight is 326 g/mol. The van der Waals surface area contributed by atoms with Crippen LogP contribution in [-0.4, -0.2) is 49.9 Å². The number of fused-ring (bicyclic) bond motifs is 1. The predicted octanol–water partition coefficient (Wildman–Crippen LogP) is 1.31. The zero-order valence-electron chi connectivity index (χ0n) is 13.3. The van der Waals surface area contributed by atoms with Gasteiger partial charge < -0.3 is 14.5 Å². The zero-order chi connectivity index (χ0) is 16.7. The third-order valence-electron chi connectivity index (χ3n) is 4.48. The van der Waals surface area contributed by atoms with Crippen molar-refractivity contribution in [2.45, 2.75) is 19.4 Å². The van der Waals surface area contributed by atoms with Crippen LogP contribution in [0.15, 0.2) is 41.2 Å². The summed E-state index contributed by atoms with van der Waals surface area (Å²) >= 11 is 0. The van der Waals surface area contributed by atoms with Crippen LogP contribution in [-0.2, 0) is 6.42 Å². The molecule has 3 aromatic rings. The van der Waals surface area contributed by atoms with Gasteiger partial charge in [0.2, 0.25) is 0 Å². The van der Waals surface area contributed by atoms with Gasteiger partial charge in [-0.3, -0.25) is 4.79 Å². The van der Waals surface area contributed by atoms with Crippen molar-refractivity contribution in [3.8, 4) is 0 Å². The van der Waals surface area contributed by atoms with Crippen LogP contribution in [0.1, 0.15) is 21.8 Å². The van der Waals surface area contributed by atoms with Gasteiger partial charge >= 0.3 is 0 Å². The number of pyridine rings is 1. The molecule has 0 unspecified atom stereocenters. The molecular formula is C17H18N4O3. The van der Waals surface area contributed by atoms with Crippen LogP contribution < -0.4 is 0 Å². The number of amides is 1. The van der Waals surface area contributed by atoms with Crippen LogP contribution in [0.3, 0.4) is 0 Å². The van der Waals surface area contributed by atoms with Crippen molar-refractivity contribution in [1.29, 1.82) is 0 Å². The lowest BCUT2D eigenvalue weighted by molar-refractivity contribution is 0.0764. The van der Waals surface area contributed by atoms with Crippen molar-refractivity contribution >= 4 is 11.4 Å². The lowest BCUT2D eigenvalue weighted by Crippen LogP contribution is -2.29. The van der Waals surface area contributed by atoms with Gasteiger partial charge in [0.05, 0.1) is 17.3 Å². The highest BCUT2D eigenvalue weighted by Gasteiger charge is 2.35. The van der Waals surface area contributed by atoms with E-state index in [0.717, 1.165) is 17.0 Å². The smallest absolute Gasteiger partial charge is 0.254 e. The molecular weight excluding hydrogens is 308 g/mol. The van der Waals surface area contributed by atoms with Crippen LogP contribution in [0.5, 0.6) is 0 Å². The summed E-state index contributed by atoms with van der Waals surface area (Å²) in [5, 5.41) is 18.3. The molecule has 2 atom stereocenters. The fraction of sp³-hybridized carbons (Fsp3) is 0.353. The number of aromatic nitrogens is 3. The van der Waals surface area contributed by atoms with Crippen molar-refractivity contribution in [3.05, 3.63) is 53.7 Å². The third kappa shape index (κ3) is 2.67. The second-order valence-electron chi connectivity index (χ2n) is 6.29. The van der Waals surface area contributed by atoms with Gasteiger partial charge in [-0.2, -0.15) is 5.10 Å². The van der Waals surface area contributed by atoms with Gasteiger partial charge in [-0.1, -0.05) is 5.16 Å². The monoisotopic (exact) mass is 326 g/mol. The number of nitrogens with zero attached hydrogens (tertiary/aromatic N) is 4.